The number of aryl methyl sites for hydroxylation is 1. The monoisotopic (exact) mass is 403 g/mol. The number of halogens is 1. The van der Waals surface area contributed by atoms with E-state index in [0.29, 0.717) is 27.3 Å². The Bertz CT molecular complexity index is 917. The molecule has 0 spiro atoms. The fourth-order valence-electron chi connectivity index (χ4n) is 2.44. The minimum atomic E-state index is -0.532. The summed E-state index contributed by atoms with van der Waals surface area (Å²) in [5.74, 6) is 0.183. The maximum absolute atomic E-state index is 12.3. The maximum Gasteiger partial charge on any atom is 0.240 e. The first-order valence-corrected chi connectivity index (χ1v) is 9.46. The van der Waals surface area contributed by atoms with Crippen LogP contribution in [0.1, 0.15) is 12.0 Å². The smallest absolute Gasteiger partial charge is 0.240 e. The third kappa shape index (κ3) is 5.02. The number of hydrogen-bond acceptors (Lipinski definition) is 5. The Hall–Kier alpha value is -2.51. The Morgan fingerprint density at radius 2 is 2.15 bits per heavy atom. The molecule has 1 saturated heterocycles. The summed E-state index contributed by atoms with van der Waals surface area (Å²) in [5.41, 5.74) is 2.19. The number of anilines is 1. The van der Waals surface area contributed by atoms with Gasteiger partial charge in [-0.3, -0.25) is 9.59 Å². The van der Waals surface area contributed by atoms with Crippen LogP contribution in [0.25, 0.3) is 0 Å². The average molecular weight is 404 g/mol. The number of amides is 2. The molecule has 1 heterocycles. The highest BCUT2D eigenvalue weighted by Crippen LogP contribution is 2.27. The fraction of sp³-hybridized carbons (Fsp3) is 0.211. The quantitative estimate of drug-likeness (QED) is 0.793. The predicted octanol–water partition coefficient (Wildman–Crippen LogP) is 3.90. The lowest BCUT2D eigenvalue weighted by atomic mass is 10.2. The van der Waals surface area contributed by atoms with Crippen LogP contribution in [0.3, 0.4) is 0 Å². The highest BCUT2D eigenvalue weighted by Gasteiger charge is 2.32. The minimum absolute atomic E-state index is 0.0408. The molecule has 0 aliphatic carbocycles. The lowest BCUT2D eigenvalue weighted by Crippen LogP contribution is -2.28. The molecule has 140 valence electrons. The molecular formula is C19H18ClN3O3S. The van der Waals surface area contributed by atoms with Crippen LogP contribution < -0.4 is 15.4 Å². The molecule has 2 N–H and O–H groups in total. The van der Waals surface area contributed by atoms with Gasteiger partial charge in [0.25, 0.3) is 0 Å². The third-order valence-electron chi connectivity index (χ3n) is 3.89. The van der Waals surface area contributed by atoms with Gasteiger partial charge in [0, 0.05) is 23.2 Å². The van der Waals surface area contributed by atoms with Crippen molar-refractivity contribution in [3.05, 3.63) is 53.1 Å². The second-order valence-electron chi connectivity index (χ2n) is 5.93. The Kier molecular flexibility index (Phi) is 6.03. The number of nitrogens with one attached hydrogen (secondary N) is 2. The van der Waals surface area contributed by atoms with Crippen molar-refractivity contribution in [1.29, 1.82) is 0 Å². The molecular weight excluding hydrogens is 386 g/mol. The van der Waals surface area contributed by atoms with E-state index in [2.05, 4.69) is 15.6 Å². The predicted molar refractivity (Wildman–Crippen MR) is 109 cm³/mol. The van der Waals surface area contributed by atoms with E-state index in [-0.39, 0.29) is 18.2 Å². The lowest BCUT2D eigenvalue weighted by molar-refractivity contribution is -0.122. The summed E-state index contributed by atoms with van der Waals surface area (Å²) in [4.78, 5) is 28.8. The molecule has 27 heavy (non-hydrogen) atoms. The molecule has 0 bridgehead atoms. The van der Waals surface area contributed by atoms with Crippen molar-refractivity contribution in [2.24, 2.45) is 4.99 Å². The molecule has 1 aliphatic rings. The van der Waals surface area contributed by atoms with Crippen molar-refractivity contribution in [2.45, 2.75) is 18.6 Å². The molecule has 2 aromatic carbocycles. The number of thioether (sulfide) groups is 1. The Labute approximate surface area is 166 Å². The first kappa shape index (κ1) is 19.3. The first-order valence-electron chi connectivity index (χ1n) is 8.21. The molecule has 0 saturated carbocycles. The Morgan fingerprint density at radius 3 is 2.89 bits per heavy atom. The van der Waals surface area contributed by atoms with Gasteiger partial charge in [-0.05, 0) is 36.8 Å². The van der Waals surface area contributed by atoms with Gasteiger partial charge in [0.2, 0.25) is 11.8 Å². The van der Waals surface area contributed by atoms with Gasteiger partial charge in [-0.15, -0.1) is 0 Å². The zero-order valence-corrected chi connectivity index (χ0v) is 16.4. The summed E-state index contributed by atoms with van der Waals surface area (Å²) in [5, 5.41) is 5.98. The topological polar surface area (TPSA) is 79.8 Å². The molecule has 1 atom stereocenters. The van der Waals surface area contributed by atoms with Gasteiger partial charge in [-0.1, -0.05) is 35.5 Å². The summed E-state index contributed by atoms with van der Waals surface area (Å²) in [7, 11) is 1.58. The van der Waals surface area contributed by atoms with Crippen LogP contribution in [0, 0.1) is 6.92 Å². The van der Waals surface area contributed by atoms with E-state index < -0.39 is 5.25 Å². The van der Waals surface area contributed by atoms with E-state index in [9.17, 15) is 9.59 Å². The number of amidine groups is 1. The number of hydrogen-bond donors (Lipinski definition) is 2. The van der Waals surface area contributed by atoms with Crippen molar-refractivity contribution in [3.63, 3.8) is 0 Å². The van der Waals surface area contributed by atoms with Crippen LogP contribution in [0.15, 0.2) is 47.5 Å². The van der Waals surface area contributed by atoms with Crippen LogP contribution in [0.5, 0.6) is 5.75 Å². The molecule has 0 radical (unpaired) electrons. The average Bonchev–Trinajstić information content (AvgIpc) is 2.97. The minimum Gasteiger partial charge on any atom is -0.497 e. The van der Waals surface area contributed by atoms with Crippen LogP contribution in [0.2, 0.25) is 5.02 Å². The first-order chi connectivity index (χ1) is 12.9. The number of carbonyl (C=O) groups excluding carboxylic acids is 2. The second-order valence-corrected chi connectivity index (χ2v) is 7.53. The second kappa shape index (κ2) is 8.45. The number of benzene rings is 2. The van der Waals surface area contributed by atoms with E-state index in [0.717, 1.165) is 5.56 Å². The number of rotatable bonds is 5. The zero-order valence-electron chi connectivity index (χ0n) is 14.8. The number of methoxy groups -OCH3 is 1. The van der Waals surface area contributed by atoms with Crippen molar-refractivity contribution < 1.29 is 14.3 Å². The van der Waals surface area contributed by atoms with E-state index >= 15 is 0 Å². The molecule has 0 aromatic heterocycles. The number of ether oxygens (including phenoxy) is 1. The van der Waals surface area contributed by atoms with Gasteiger partial charge in [0.15, 0.2) is 5.17 Å². The third-order valence-corrected chi connectivity index (χ3v) is 5.38. The van der Waals surface area contributed by atoms with Gasteiger partial charge in [-0.2, -0.15) is 0 Å². The molecule has 1 aliphatic heterocycles. The highest BCUT2D eigenvalue weighted by molar-refractivity contribution is 8.15. The molecule has 3 rings (SSSR count). The highest BCUT2D eigenvalue weighted by atomic mass is 35.5. The van der Waals surface area contributed by atoms with E-state index in [4.69, 9.17) is 16.3 Å². The van der Waals surface area contributed by atoms with Crippen molar-refractivity contribution in [1.82, 2.24) is 5.32 Å². The molecule has 2 aromatic rings. The summed E-state index contributed by atoms with van der Waals surface area (Å²) >= 11 is 7.30. The van der Waals surface area contributed by atoms with E-state index in [1.807, 2.05) is 31.2 Å². The number of aliphatic imine (C=N–C) groups is 1. The van der Waals surface area contributed by atoms with Crippen molar-refractivity contribution in [3.8, 4) is 5.75 Å². The molecule has 6 nitrogen and oxygen atoms in total. The van der Waals surface area contributed by atoms with Crippen LogP contribution in [0.4, 0.5) is 11.4 Å². The van der Waals surface area contributed by atoms with Gasteiger partial charge < -0.3 is 15.4 Å². The molecule has 2 amide bonds. The fourth-order valence-corrected chi connectivity index (χ4v) is 3.61. The molecule has 0 unspecified atom stereocenters. The van der Waals surface area contributed by atoms with E-state index in [1.54, 1.807) is 25.3 Å². The number of carbonyl (C=O) groups is 2. The normalized spacial score (nSPS) is 17.7. The van der Waals surface area contributed by atoms with Gasteiger partial charge in [0.05, 0.1) is 12.8 Å². The van der Waals surface area contributed by atoms with Crippen LogP contribution >= 0.6 is 23.4 Å². The van der Waals surface area contributed by atoms with E-state index in [1.165, 1.54) is 11.8 Å². The zero-order chi connectivity index (χ0) is 19.4. The molecule has 1 fully saturated rings. The standard InChI is InChI=1S/C19H18ClN3O3S/c1-11-6-7-13(9-15(11)20)21-17(24)10-16-18(25)23-19(27-16)22-12-4-3-5-14(8-12)26-2/h3-9,16H,10H2,1-2H3,(H,21,24)(H,22,23,25)/t16-/m1/s1. The maximum atomic E-state index is 12.3. The van der Waals surface area contributed by atoms with Gasteiger partial charge in [0.1, 0.15) is 11.0 Å². The van der Waals surface area contributed by atoms with Crippen molar-refractivity contribution in [2.75, 3.05) is 12.4 Å². The lowest BCUT2D eigenvalue weighted by Gasteiger charge is -2.08. The van der Waals surface area contributed by atoms with Crippen LogP contribution in [-0.4, -0.2) is 29.3 Å². The SMILES string of the molecule is COc1cccc(N=C2NC(=O)[C@@H](CC(=O)Nc3ccc(C)c(Cl)c3)S2)c1. The summed E-state index contributed by atoms with van der Waals surface area (Å²) in [6, 6.07) is 12.5. The largest absolute Gasteiger partial charge is 0.497 e. The summed E-state index contributed by atoms with van der Waals surface area (Å²) in [6.07, 6.45) is 0.0408. The number of nitrogens with zero attached hydrogens (tertiary/aromatic N) is 1. The van der Waals surface area contributed by atoms with Gasteiger partial charge >= 0.3 is 0 Å². The van der Waals surface area contributed by atoms with Gasteiger partial charge in [-0.25, -0.2) is 4.99 Å². The summed E-state index contributed by atoms with van der Waals surface area (Å²) in [6.45, 7) is 1.89. The van der Waals surface area contributed by atoms with Crippen LogP contribution in [-0.2, 0) is 9.59 Å². The Morgan fingerprint density at radius 1 is 1.33 bits per heavy atom. The molecule has 8 heteroatoms. The van der Waals surface area contributed by atoms with Crippen molar-refractivity contribution >= 4 is 51.7 Å². The Balaban J connectivity index is 1.62. The summed E-state index contributed by atoms with van der Waals surface area (Å²) < 4.78 is 5.16.